The fourth-order valence-corrected chi connectivity index (χ4v) is 3.88. The van der Waals surface area contributed by atoms with Crippen molar-refractivity contribution in [3.05, 3.63) is 39.8 Å². The zero-order valence-corrected chi connectivity index (χ0v) is 18.5. The van der Waals surface area contributed by atoms with E-state index in [1.54, 1.807) is 19.1 Å². The zero-order valence-electron chi connectivity index (χ0n) is 17.7. The number of carbonyl (C=O) groups excluding carboxylic acids is 3. The molecule has 8 nitrogen and oxygen atoms in total. The van der Waals surface area contributed by atoms with E-state index in [4.69, 9.17) is 14.2 Å². The number of ether oxygens (including phenoxy) is 3. The maximum atomic E-state index is 12.8. The second-order valence-corrected chi connectivity index (χ2v) is 7.41. The normalized spacial score (nSPS) is 10.3. The number of esters is 1. The van der Waals surface area contributed by atoms with E-state index in [9.17, 15) is 14.4 Å². The van der Waals surface area contributed by atoms with Crippen LogP contribution in [-0.4, -0.2) is 45.7 Å². The lowest BCUT2D eigenvalue weighted by atomic mass is 10.1. The first kappa shape index (κ1) is 23.2. The van der Waals surface area contributed by atoms with Crippen LogP contribution in [0.1, 0.15) is 55.7 Å². The highest BCUT2D eigenvalue weighted by Crippen LogP contribution is 2.34. The fourth-order valence-electron chi connectivity index (χ4n) is 2.78. The van der Waals surface area contributed by atoms with E-state index in [0.717, 1.165) is 24.2 Å². The number of carbonyl (C=O) groups is 3. The van der Waals surface area contributed by atoms with Gasteiger partial charge < -0.3 is 24.8 Å². The van der Waals surface area contributed by atoms with Gasteiger partial charge in [-0.2, -0.15) is 0 Å². The predicted octanol–water partition coefficient (Wildman–Crippen LogP) is 3.64. The van der Waals surface area contributed by atoms with Gasteiger partial charge in [0.15, 0.2) is 11.5 Å². The number of anilines is 1. The minimum absolute atomic E-state index is 0.164. The van der Waals surface area contributed by atoms with Crippen molar-refractivity contribution in [2.75, 3.05) is 33.2 Å². The lowest BCUT2D eigenvalue weighted by molar-refractivity contribution is 0.0601. The lowest BCUT2D eigenvalue weighted by Crippen LogP contribution is -2.24. The topological polar surface area (TPSA) is 103 Å². The average Bonchev–Trinajstić information content (AvgIpc) is 3.08. The maximum absolute atomic E-state index is 12.8. The van der Waals surface area contributed by atoms with Crippen LogP contribution in [0, 0.1) is 6.92 Å². The molecule has 0 saturated heterocycles. The van der Waals surface area contributed by atoms with Crippen molar-refractivity contribution in [3.63, 3.8) is 0 Å². The molecule has 0 aliphatic carbocycles. The van der Waals surface area contributed by atoms with Crippen LogP contribution in [-0.2, 0) is 4.74 Å². The highest BCUT2D eigenvalue weighted by molar-refractivity contribution is 7.18. The van der Waals surface area contributed by atoms with Gasteiger partial charge >= 0.3 is 5.97 Å². The summed E-state index contributed by atoms with van der Waals surface area (Å²) < 4.78 is 15.3. The van der Waals surface area contributed by atoms with Crippen molar-refractivity contribution in [2.45, 2.75) is 26.7 Å². The molecule has 1 heterocycles. The Morgan fingerprint density at radius 3 is 2.33 bits per heavy atom. The predicted molar refractivity (Wildman–Crippen MR) is 115 cm³/mol. The van der Waals surface area contributed by atoms with Gasteiger partial charge in [0.25, 0.3) is 11.8 Å². The largest absolute Gasteiger partial charge is 0.493 e. The molecular formula is C21H26N2O6S. The van der Waals surface area contributed by atoms with Crippen LogP contribution in [0.25, 0.3) is 0 Å². The molecule has 9 heteroatoms. The first-order chi connectivity index (χ1) is 14.4. The molecule has 1 aromatic heterocycles. The van der Waals surface area contributed by atoms with Gasteiger partial charge in [0, 0.05) is 12.1 Å². The van der Waals surface area contributed by atoms with Gasteiger partial charge in [0.2, 0.25) is 0 Å². The number of hydrogen-bond acceptors (Lipinski definition) is 7. The lowest BCUT2D eigenvalue weighted by Gasteiger charge is -2.10. The molecule has 0 saturated carbocycles. The first-order valence-corrected chi connectivity index (χ1v) is 10.2. The highest BCUT2D eigenvalue weighted by atomic mass is 32.1. The van der Waals surface area contributed by atoms with Crippen molar-refractivity contribution >= 4 is 34.1 Å². The number of hydrogen-bond donors (Lipinski definition) is 2. The van der Waals surface area contributed by atoms with E-state index in [1.807, 2.05) is 6.92 Å². The Bertz CT molecular complexity index is 938. The highest BCUT2D eigenvalue weighted by Gasteiger charge is 2.26. The van der Waals surface area contributed by atoms with Crippen molar-refractivity contribution in [3.8, 4) is 11.5 Å². The number of amides is 2. The smallest absolute Gasteiger partial charge is 0.341 e. The Morgan fingerprint density at radius 2 is 1.73 bits per heavy atom. The number of benzene rings is 1. The second-order valence-electron chi connectivity index (χ2n) is 6.39. The Kier molecular flexibility index (Phi) is 8.23. The second kappa shape index (κ2) is 10.6. The Hall–Kier alpha value is -3.07. The third-order valence-corrected chi connectivity index (χ3v) is 5.64. The summed E-state index contributed by atoms with van der Waals surface area (Å²) in [4.78, 5) is 38.0. The van der Waals surface area contributed by atoms with Crippen molar-refractivity contribution in [1.82, 2.24) is 5.32 Å². The molecule has 0 radical (unpaired) electrons. The van der Waals surface area contributed by atoms with E-state index in [0.29, 0.717) is 34.0 Å². The third kappa shape index (κ3) is 5.10. The van der Waals surface area contributed by atoms with E-state index >= 15 is 0 Å². The molecule has 0 bridgehead atoms. The monoisotopic (exact) mass is 434 g/mol. The molecule has 30 heavy (non-hydrogen) atoms. The van der Waals surface area contributed by atoms with Gasteiger partial charge in [0.05, 0.1) is 31.8 Å². The average molecular weight is 435 g/mol. The summed E-state index contributed by atoms with van der Waals surface area (Å²) in [7, 11) is 4.23. The number of thiophene rings is 1. The van der Waals surface area contributed by atoms with E-state index in [-0.39, 0.29) is 16.5 Å². The van der Waals surface area contributed by atoms with Crippen molar-refractivity contribution < 1.29 is 28.6 Å². The van der Waals surface area contributed by atoms with E-state index in [1.165, 1.54) is 27.4 Å². The molecule has 2 aromatic rings. The summed E-state index contributed by atoms with van der Waals surface area (Å²) >= 11 is 1.04. The maximum Gasteiger partial charge on any atom is 0.341 e. The van der Waals surface area contributed by atoms with Gasteiger partial charge in [-0.3, -0.25) is 9.59 Å². The number of nitrogens with one attached hydrogen (secondary N) is 2. The molecule has 1 aromatic carbocycles. The molecule has 2 amide bonds. The third-order valence-electron chi connectivity index (χ3n) is 4.43. The Morgan fingerprint density at radius 1 is 1.03 bits per heavy atom. The number of unbranched alkanes of at least 4 members (excludes halogenated alkanes) is 1. The molecule has 0 spiro atoms. The van der Waals surface area contributed by atoms with E-state index < -0.39 is 11.9 Å². The van der Waals surface area contributed by atoms with Gasteiger partial charge in [0.1, 0.15) is 5.00 Å². The van der Waals surface area contributed by atoms with Crippen LogP contribution in [0.4, 0.5) is 5.00 Å². The molecule has 2 N–H and O–H groups in total. The van der Waals surface area contributed by atoms with Gasteiger partial charge in [-0.25, -0.2) is 4.79 Å². The standard InChI is InChI=1S/C21H26N2O6S/c1-6-7-10-22-19(25)17-12(2)16(21(26)29-5)20(30-17)23-18(24)13-8-9-14(27-3)15(11-13)28-4/h8-9,11H,6-7,10H2,1-5H3,(H,22,25)(H,23,24). The molecule has 0 unspecified atom stereocenters. The summed E-state index contributed by atoms with van der Waals surface area (Å²) in [5, 5.41) is 5.79. The summed E-state index contributed by atoms with van der Waals surface area (Å²) in [5.41, 5.74) is 0.934. The van der Waals surface area contributed by atoms with Crippen LogP contribution in [0.5, 0.6) is 11.5 Å². The quantitative estimate of drug-likeness (QED) is 0.461. The van der Waals surface area contributed by atoms with Crippen molar-refractivity contribution in [2.24, 2.45) is 0 Å². The van der Waals surface area contributed by atoms with Crippen molar-refractivity contribution in [1.29, 1.82) is 0 Å². The number of rotatable bonds is 9. The Balaban J connectivity index is 2.35. The minimum Gasteiger partial charge on any atom is -0.493 e. The molecule has 162 valence electrons. The molecular weight excluding hydrogens is 408 g/mol. The molecule has 0 aliphatic rings. The minimum atomic E-state index is -0.626. The first-order valence-electron chi connectivity index (χ1n) is 9.41. The molecule has 2 rings (SSSR count). The van der Waals surface area contributed by atoms with Crippen LogP contribution >= 0.6 is 11.3 Å². The van der Waals surface area contributed by atoms with Crippen LogP contribution < -0.4 is 20.1 Å². The molecule has 0 atom stereocenters. The van der Waals surface area contributed by atoms with Gasteiger partial charge in [-0.05, 0) is 37.1 Å². The summed E-state index contributed by atoms with van der Waals surface area (Å²) in [6.07, 6.45) is 1.80. The summed E-state index contributed by atoms with van der Waals surface area (Å²) in [6.45, 7) is 4.22. The molecule has 0 fully saturated rings. The number of methoxy groups -OCH3 is 3. The van der Waals surface area contributed by atoms with E-state index in [2.05, 4.69) is 10.6 Å². The molecule has 0 aliphatic heterocycles. The zero-order chi connectivity index (χ0) is 22.3. The SMILES string of the molecule is CCCCNC(=O)c1sc(NC(=O)c2ccc(OC)c(OC)c2)c(C(=O)OC)c1C. The van der Waals surface area contributed by atoms with Gasteiger partial charge in [-0.1, -0.05) is 13.3 Å². The van der Waals surface area contributed by atoms with Crippen LogP contribution in [0.2, 0.25) is 0 Å². The summed E-state index contributed by atoms with van der Waals surface area (Å²) in [5.74, 6) is -0.485. The van der Waals surface area contributed by atoms with Crippen LogP contribution in [0.15, 0.2) is 18.2 Å². The van der Waals surface area contributed by atoms with Crippen LogP contribution in [0.3, 0.4) is 0 Å². The Labute approximate surface area is 179 Å². The van der Waals surface area contributed by atoms with Gasteiger partial charge in [-0.15, -0.1) is 11.3 Å². The summed E-state index contributed by atoms with van der Waals surface area (Å²) in [6, 6.07) is 4.72. The fraction of sp³-hybridized carbons (Fsp3) is 0.381.